The number of rotatable bonds is 3. The van der Waals surface area contributed by atoms with Gasteiger partial charge in [-0.1, -0.05) is 36.6 Å². The van der Waals surface area contributed by atoms with Crippen LogP contribution in [0.4, 0.5) is 0 Å². The summed E-state index contributed by atoms with van der Waals surface area (Å²) in [6.07, 6.45) is 4.58. The fourth-order valence-corrected chi connectivity index (χ4v) is 3.24. The quantitative estimate of drug-likeness (QED) is 0.817. The summed E-state index contributed by atoms with van der Waals surface area (Å²) in [7, 11) is 2.13. The Labute approximate surface area is 121 Å². The van der Waals surface area contributed by atoms with Crippen molar-refractivity contribution in [3.8, 4) is 6.07 Å². The summed E-state index contributed by atoms with van der Waals surface area (Å²) in [4.78, 5) is 2.35. The van der Waals surface area contributed by atoms with Gasteiger partial charge in [-0.05, 0) is 44.5 Å². The van der Waals surface area contributed by atoms with Crippen LogP contribution >= 0.6 is 11.6 Å². The van der Waals surface area contributed by atoms with Crippen LogP contribution in [-0.4, -0.2) is 18.0 Å². The minimum absolute atomic E-state index is 0.167. The van der Waals surface area contributed by atoms with E-state index >= 15 is 0 Å². The van der Waals surface area contributed by atoms with Gasteiger partial charge in [0, 0.05) is 17.1 Å². The van der Waals surface area contributed by atoms with E-state index in [1.807, 2.05) is 18.2 Å². The fourth-order valence-electron chi connectivity index (χ4n) is 3.04. The zero-order chi connectivity index (χ0) is 13.8. The second-order valence-electron chi connectivity index (χ2n) is 5.48. The molecule has 1 fully saturated rings. The molecule has 0 heterocycles. The van der Waals surface area contributed by atoms with Crippen LogP contribution in [0.5, 0.6) is 0 Å². The molecule has 1 aliphatic rings. The predicted molar refractivity (Wildman–Crippen MR) is 79.0 cm³/mol. The van der Waals surface area contributed by atoms with Gasteiger partial charge >= 0.3 is 0 Å². The standard InChI is InChI=1S/C16H21ClN2/c1-12(13-7-5-8-15(17)10-13)19(2)16-9-4-3-6-14(16)11-18/h5,7-8,10,12,14,16H,3-4,6,9H2,1-2H3. The van der Waals surface area contributed by atoms with Crippen LogP contribution in [0.3, 0.4) is 0 Å². The van der Waals surface area contributed by atoms with Crippen LogP contribution in [0.2, 0.25) is 5.02 Å². The summed E-state index contributed by atoms with van der Waals surface area (Å²) < 4.78 is 0. The molecule has 19 heavy (non-hydrogen) atoms. The van der Waals surface area contributed by atoms with E-state index in [2.05, 4.69) is 31.0 Å². The van der Waals surface area contributed by atoms with Gasteiger partial charge in [-0.25, -0.2) is 0 Å². The summed E-state index contributed by atoms with van der Waals surface area (Å²) in [5.74, 6) is 0.167. The highest BCUT2D eigenvalue weighted by molar-refractivity contribution is 6.30. The van der Waals surface area contributed by atoms with E-state index < -0.39 is 0 Å². The molecule has 2 nitrogen and oxygen atoms in total. The van der Waals surface area contributed by atoms with Crippen LogP contribution in [0.25, 0.3) is 0 Å². The highest BCUT2D eigenvalue weighted by atomic mass is 35.5. The molecule has 0 bridgehead atoms. The SMILES string of the molecule is CC(c1cccc(Cl)c1)N(C)C1CCCCC1C#N. The van der Waals surface area contributed by atoms with Crippen molar-refractivity contribution in [1.29, 1.82) is 5.26 Å². The molecule has 0 radical (unpaired) electrons. The molecule has 3 heteroatoms. The number of hydrogen-bond donors (Lipinski definition) is 0. The second kappa shape index (κ2) is 6.41. The lowest BCUT2D eigenvalue weighted by molar-refractivity contribution is 0.118. The smallest absolute Gasteiger partial charge is 0.0672 e. The molecule has 0 aliphatic heterocycles. The Morgan fingerprint density at radius 1 is 1.37 bits per heavy atom. The van der Waals surface area contributed by atoms with Crippen molar-refractivity contribution in [2.75, 3.05) is 7.05 Å². The maximum Gasteiger partial charge on any atom is 0.0672 e. The first-order chi connectivity index (χ1) is 9.13. The predicted octanol–water partition coefficient (Wildman–Crippen LogP) is 4.42. The summed E-state index contributed by atoms with van der Waals surface area (Å²) in [5, 5.41) is 10.1. The van der Waals surface area contributed by atoms with E-state index in [-0.39, 0.29) is 12.0 Å². The molecule has 2 rings (SSSR count). The molecular formula is C16H21ClN2. The third-order valence-corrected chi connectivity index (χ3v) is 4.60. The van der Waals surface area contributed by atoms with Crippen LogP contribution in [0.15, 0.2) is 24.3 Å². The fraction of sp³-hybridized carbons (Fsp3) is 0.562. The molecule has 0 aromatic heterocycles. The van der Waals surface area contributed by atoms with E-state index in [0.29, 0.717) is 6.04 Å². The summed E-state index contributed by atoms with van der Waals surface area (Å²) in [6, 6.07) is 11.2. The van der Waals surface area contributed by atoms with E-state index in [0.717, 1.165) is 17.9 Å². The first-order valence-corrected chi connectivity index (χ1v) is 7.38. The van der Waals surface area contributed by atoms with Gasteiger partial charge in [0.05, 0.1) is 12.0 Å². The Bertz CT molecular complexity index is 466. The van der Waals surface area contributed by atoms with Crippen molar-refractivity contribution >= 4 is 11.6 Å². The van der Waals surface area contributed by atoms with Crippen molar-refractivity contribution in [1.82, 2.24) is 4.90 Å². The Kier molecular flexibility index (Phi) is 4.85. The number of nitriles is 1. The van der Waals surface area contributed by atoms with E-state index in [4.69, 9.17) is 11.6 Å². The first-order valence-electron chi connectivity index (χ1n) is 7.00. The zero-order valence-electron chi connectivity index (χ0n) is 11.6. The summed E-state index contributed by atoms with van der Waals surface area (Å²) in [5.41, 5.74) is 1.22. The third kappa shape index (κ3) is 3.29. The summed E-state index contributed by atoms with van der Waals surface area (Å²) in [6.45, 7) is 2.19. The average Bonchev–Trinajstić information content (AvgIpc) is 2.45. The van der Waals surface area contributed by atoms with Gasteiger partial charge in [0.1, 0.15) is 0 Å². The molecule has 0 spiro atoms. The maximum atomic E-state index is 9.31. The topological polar surface area (TPSA) is 27.0 Å². The molecule has 1 saturated carbocycles. The molecule has 3 unspecified atom stereocenters. The van der Waals surface area contributed by atoms with E-state index in [9.17, 15) is 5.26 Å². The normalized spacial score (nSPS) is 25.0. The molecule has 0 saturated heterocycles. The Morgan fingerprint density at radius 2 is 2.11 bits per heavy atom. The van der Waals surface area contributed by atoms with Crippen LogP contribution in [-0.2, 0) is 0 Å². The number of nitrogens with zero attached hydrogens (tertiary/aromatic N) is 2. The maximum absolute atomic E-state index is 9.31. The van der Waals surface area contributed by atoms with E-state index in [1.54, 1.807) is 0 Å². The van der Waals surface area contributed by atoms with Gasteiger partial charge in [-0.3, -0.25) is 4.90 Å². The van der Waals surface area contributed by atoms with Gasteiger partial charge in [-0.15, -0.1) is 0 Å². The summed E-state index contributed by atoms with van der Waals surface area (Å²) >= 11 is 6.06. The molecule has 1 aromatic rings. The van der Waals surface area contributed by atoms with Gasteiger partial charge in [0.2, 0.25) is 0 Å². The van der Waals surface area contributed by atoms with Gasteiger partial charge in [-0.2, -0.15) is 5.26 Å². The highest BCUT2D eigenvalue weighted by Gasteiger charge is 2.30. The largest absolute Gasteiger partial charge is 0.295 e. The Hall–Kier alpha value is -1.04. The van der Waals surface area contributed by atoms with Crippen molar-refractivity contribution in [3.63, 3.8) is 0 Å². The minimum atomic E-state index is 0.167. The van der Waals surface area contributed by atoms with Crippen LogP contribution in [0, 0.1) is 17.2 Å². The molecule has 3 atom stereocenters. The lowest BCUT2D eigenvalue weighted by Crippen LogP contribution is -2.40. The number of hydrogen-bond acceptors (Lipinski definition) is 2. The van der Waals surface area contributed by atoms with E-state index in [1.165, 1.54) is 18.4 Å². The van der Waals surface area contributed by atoms with Crippen molar-refractivity contribution in [2.24, 2.45) is 5.92 Å². The van der Waals surface area contributed by atoms with Crippen molar-refractivity contribution in [2.45, 2.75) is 44.7 Å². The van der Waals surface area contributed by atoms with Crippen LogP contribution < -0.4 is 0 Å². The number of benzene rings is 1. The average molecular weight is 277 g/mol. The first kappa shape index (κ1) is 14.4. The minimum Gasteiger partial charge on any atom is -0.295 e. The Balaban J connectivity index is 2.14. The van der Waals surface area contributed by atoms with Crippen molar-refractivity contribution in [3.05, 3.63) is 34.9 Å². The van der Waals surface area contributed by atoms with Gasteiger partial charge < -0.3 is 0 Å². The number of halogens is 1. The van der Waals surface area contributed by atoms with Crippen molar-refractivity contribution < 1.29 is 0 Å². The molecule has 1 aliphatic carbocycles. The molecule has 0 N–H and O–H groups in total. The third-order valence-electron chi connectivity index (χ3n) is 4.36. The molecular weight excluding hydrogens is 256 g/mol. The monoisotopic (exact) mass is 276 g/mol. The lowest BCUT2D eigenvalue weighted by atomic mass is 9.84. The zero-order valence-corrected chi connectivity index (χ0v) is 12.4. The van der Waals surface area contributed by atoms with Gasteiger partial charge in [0.25, 0.3) is 0 Å². The second-order valence-corrected chi connectivity index (χ2v) is 5.92. The van der Waals surface area contributed by atoms with Crippen LogP contribution in [0.1, 0.15) is 44.2 Å². The van der Waals surface area contributed by atoms with Gasteiger partial charge in [0.15, 0.2) is 0 Å². The Morgan fingerprint density at radius 3 is 2.79 bits per heavy atom. The molecule has 1 aromatic carbocycles. The lowest BCUT2D eigenvalue weighted by Gasteiger charge is -2.38. The molecule has 102 valence electrons. The highest BCUT2D eigenvalue weighted by Crippen LogP contribution is 2.32. The molecule has 0 amide bonds.